The third-order valence-electron chi connectivity index (χ3n) is 4.60. The Labute approximate surface area is 169 Å². The number of ether oxygens (including phenoxy) is 1. The molecule has 2 aromatic rings. The Kier molecular flexibility index (Phi) is 6.46. The average Bonchev–Trinajstić information content (AvgIpc) is 2.72. The first-order valence-corrected chi connectivity index (χ1v) is 9.35. The van der Waals surface area contributed by atoms with Crippen LogP contribution in [0.5, 0.6) is 5.75 Å². The van der Waals surface area contributed by atoms with Crippen LogP contribution in [0.1, 0.15) is 6.92 Å². The number of rotatable bonds is 7. The van der Waals surface area contributed by atoms with Gasteiger partial charge in [0.25, 0.3) is 0 Å². The van der Waals surface area contributed by atoms with Crippen LogP contribution < -0.4 is 20.3 Å². The lowest BCUT2D eigenvalue weighted by atomic mass is 10.2. The Morgan fingerprint density at radius 2 is 1.97 bits per heavy atom. The number of anilines is 3. The van der Waals surface area contributed by atoms with Crippen molar-refractivity contribution < 1.29 is 19.1 Å². The van der Waals surface area contributed by atoms with E-state index >= 15 is 0 Å². The van der Waals surface area contributed by atoms with E-state index in [2.05, 4.69) is 10.6 Å². The standard InChI is InChI=1S/C21H24N4O4/c1-3-24(12-19(26)22-15-7-6-8-16(11-15)29-2)14-21(28)25-13-20(27)23-17-9-4-5-10-18(17)25/h4-11H,3,12-14H2,1-2H3,(H,22,26)(H,23,27). The first kappa shape index (κ1) is 20.3. The molecule has 29 heavy (non-hydrogen) atoms. The maximum absolute atomic E-state index is 12.9. The second-order valence-electron chi connectivity index (χ2n) is 6.63. The average molecular weight is 396 g/mol. The normalized spacial score (nSPS) is 12.9. The van der Waals surface area contributed by atoms with Gasteiger partial charge in [0.1, 0.15) is 12.3 Å². The van der Waals surface area contributed by atoms with E-state index in [0.29, 0.717) is 29.4 Å². The van der Waals surface area contributed by atoms with E-state index in [1.165, 1.54) is 4.90 Å². The summed E-state index contributed by atoms with van der Waals surface area (Å²) in [5.41, 5.74) is 1.89. The van der Waals surface area contributed by atoms with Crippen molar-refractivity contribution in [2.45, 2.75) is 6.92 Å². The van der Waals surface area contributed by atoms with Gasteiger partial charge in [-0.25, -0.2) is 0 Å². The number of carbonyl (C=O) groups excluding carboxylic acids is 3. The minimum atomic E-state index is -0.240. The quantitative estimate of drug-likeness (QED) is 0.746. The molecular weight excluding hydrogens is 372 g/mol. The molecule has 8 nitrogen and oxygen atoms in total. The minimum Gasteiger partial charge on any atom is -0.497 e. The Balaban J connectivity index is 1.63. The van der Waals surface area contributed by atoms with Crippen molar-refractivity contribution in [3.05, 3.63) is 48.5 Å². The van der Waals surface area contributed by atoms with Crippen molar-refractivity contribution in [1.82, 2.24) is 4.90 Å². The van der Waals surface area contributed by atoms with Crippen LogP contribution >= 0.6 is 0 Å². The number of likely N-dealkylation sites (N-methyl/N-ethyl adjacent to an activating group) is 1. The molecule has 1 aliphatic heterocycles. The van der Waals surface area contributed by atoms with E-state index in [0.717, 1.165) is 0 Å². The molecule has 0 aliphatic carbocycles. The largest absolute Gasteiger partial charge is 0.497 e. The zero-order valence-corrected chi connectivity index (χ0v) is 16.5. The monoisotopic (exact) mass is 396 g/mol. The van der Waals surface area contributed by atoms with Crippen molar-refractivity contribution in [3.63, 3.8) is 0 Å². The third kappa shape index (κ3) is 5.11. The number of para-hydroxylation sites is 2. The van der Waals surface area contributed by atoms with Crippen LogP contribution in [0.4, 0.5) is 17.1 Å². The van der Waals surface area contributed by atoms with Gasteiger partial charge in [-0.3, -0.25) is 24.2 Å². The minimum absolute atomic E-state index is 0.0314. The summed E-state index contributed by atoms with van der Waals surface area (Å²) in [6.07, 6.45) is 0. The summed E-state index contributed by atoms with van der Waals surface area (Å²) in [5, 5.41) is 5.57. The van der Waals surface area contributed by atoms with Crippen LogP contribution in [-0.2, 0) is 14.4 Å². The summed E-state index contributed by atoms with van der Waals surface area (Å²) in [5.74, 6) is -0.0590. The smallest absolute Gasteiger partial charge is 0.244 e. The number of hydrogen-bond acceptors (Lipinski definition) is 5. The number of carbonyl (C=O) groups is 3. The molecule has 0 fully saturated rings. The molecule has 152 valence electrons. The van der Waals surface area contributed by atoms with E-state index in [1.54, 1.807) is 54.5 Å². The topological polar surface area (TPSA) is 91.0 Å². The molecule has 0 radical (unpaired) electrons. The van der Waals surface area contributed by atoms with Gasteiger partial charge in [0.2, 0.25) is 17.7 Å². The molecule has 8 heteroatoms. The lowest BCUT2D eigenvalue weighted by Gasteiger charge is -2.31. The predicted octanol–water partition coefficient (Wildman–Crippen LogP) is 1.94. The van der Waals surface area contributed by atoms with Crippen molar-refractivity contribution in [1.29, 1.82) is 0 Å². The molecular formula is C21H24N4O4. The summed E-state index contributed by atoms with van der Waals surface area (Å²) in [6.45, 7) is 2.44. The number of hydrogen-bond donors (Lipinski definition) is 2. The lowest BCUT2D eigenvalue weighted by molar-refractivity contribution is -0.123. The van der Waals surface area contributed by atoms with Crippen molar-refractivity contribution in [2.24, 2.45) is 0 Å². The number of amides is 3. The molecule has 0 spiro atoms. The van der Waals surface area contributed by atoms with Gasteiger partial charge in [0.15, 0.2) is 0 Å². The number of benzene rings is 2. The van der Waals surface area contributed by atoms with Gasteiger partial charge in [-0.2, -0.15) is 0 Å². The Morgan fingerprint density at radius 3 is 2.72 bits per heavy atom. The first-order valence-electron chi connectivity index (χ1n) is 9.35. The van der Waals surface area contributed by atoms with Gasteiger partial charge in [0, 0.05) is 11.8 Å². The van der Waals surface area contributed by atoms with Crippen LogP contribution in [0.2, 0.25) is 0 Å². The summed E-state index contributed by atoms with van der Waals surface area (Å²) in [6, 6.07) is 14.2. The molecule has 2 aromatic carbocycles. The highest BCUT2D eigenvalue weighted by atomic mass is 16.5. The summed E-state index contributed by atoms with van der Waals surface area (Å²) in [4.78, 5) is 40.4. The molecule has 0 unspecified atom stereocenters. The fraction of sp³-hybridized carbons (Fsp3) is 0.286. The zero-order chi connectivity index (χ0) is 20.8. The lowest BCUT2D eigenvalue weighted by Crippen LogP contribution is -2.47. The molecule has 3 amide bonds. The van der Waals surface area contributed by atoms with Crippen LogP contribution in [0.25, 0.3) is 0 Å². The highest BCUT2D eigenvalue weighted by molar-refractivity contribution is 6.10. The Hall–Kier alpha value is -3.39. The van der Waals surface area contributed by atoms with Gasteiger partial charge < -0.3 is 15.4 Å². The molecule has 0 bridgehead atoms. The second kappa shape index (κ2) is 9.20. The second-order valence-corrected chi connectivity index (χ2v) is 6.63. The van der Waals surface area contributed by atoms with E-state index in [1.807, 2.05) is 13.0 Å². The molecule has 0 aromatic heterocycles. The molecule has 0 saturated carbocycles. The highest BCUT2D eigenvalue weighted by Gasteiger charge is 2.27. The Bertz CT molecular complexity index is 915. The van der Waals surface area contributed by atoms with Gasteiger partial charge in [-0.1, -0.05) is 25.1 Å². The van der Waals surface area contributed by atoms with Gasteiger partial charge in [0.05, 0.1) is 31.6 Å². The molecule has 0 saturated heterocycles. The van der Waals surface area contributed by atoms with E-state index in [-0.39, 0.29) is 37.4 Å². The van der Waals surface area contributed by atoms with Crippen LogP contribution in [0.15, 0.2) is 48.5 Å². The van der Waals surface area contributed by atoms with E-state index in [9.17, 15) is 14.4 Å². The van der Waals surface area contributed by atoms with Crippen LogP contribution in [0, 0.1) is 0 Å². The van der Waals surface area contributed by atoms with E-state index < -0.39 is 0 Å². The maximum atomic E-state index is 12.9. The van der Waals surface area contributed by atoms with Crippen LogP contribution in [0.3, 0.4) is 0 Å². The van der Waals surface area contributed by atoms with Crippen molar-refractivity contribution in [3.8, 4) is 5.75 Å². The van der Waals surface area contributed by atoms with Crippen molar-refractivity contribution >= 4 is 34.8 Å². The molecule has 3 rings (SSSR count). The highest BCUT2D eigenvalue weighted by Crippen LogP contribution is 2.28. The summed E-state index contributed by atoms with van der Waals surface area (Å²) < 4.78 is 5.15. The molecule has 2 N–H and O–H groups in total. The SMILES string of the molecule is CCN(CC(=O)Nc1cccc(OC)c1)CC(=O)N1CC(=O)Nc2ccccc21. The number of fused-ring (bicyclic) bond motifs is 1. The zero-order valence-electron chi connectivity index (χ0n) is 16.5. The first-order chi connectivity index (χ1) is 14.0. The van der Waals surface area contributed by atoms with Crippen molar-refractivity contribution in [2.75, 3.05) is 48.8 Å². The molecule has 1 heterocycles. The molecule has 1 aliphatic rings. The summed E-state index contributed by atoms with van der Waals surface area (Å²) >= 11 is 0. The number of methoxy groups -OCH3 is 1. The maximum Gasteiger partial charge on any atom is 0.244 e. The van der Waals surface area contributed by atoms with E-state index in [4.69, 9.17) is 4.74 Å². The summed E-state index contributed by atoms with van der Waals surface area (Å²) in [7, 11) is 1.56. The van der Waals surface area contributed by atoms with Gasteiger partial charge in [-0.05, 0) is 30.8 Å². The van der Waals surface area contributed by atoms with Gasteiger partial charge in [-0.15, -0.1) is 0 Å². The molecule has 0 atom stereocenters. The Morgan fingerprint density at radius 1 is 1.17 bits per heavy atom. The van der Waals surface area contributed by atoms with Crippen LogP contribution in [-0.4, -0.2) is 55.9 Å². The fourth-order valence-corrected chi connectivity index (χ4v) is 3.12. The predicted molar refractivity (Wildman–Crippen MR) is 111 cm³/mol. The number of nitrogens with one attached hydrogen (secondary N) is 2. The number of nitrogens with zero attached hydrogens (tertiary/aromatic N) is 2. The van der Waals surface area contributed by atoms with Gasteiger partial charge >= 0.3 is 0 Å². The fourth-order valence-electron chi connectivity index (χ4n) is 3.12. The third-order valence-corrected chi connectivity index (χ3v) is 4.60.